The van der Waals surface area contributed by atoms with Crippen LogP contribution in [0.5, 0.6) is 0 Å². The fourth-order valence-electron chi connectivity index (χ4n) is 9.36. The Morgan fingerprint density at radius 3 is 2.12 bits per heavy atom. The molecule has 1 aromatic heterocycles. The molecule has 6 aromatic carbocycles. The first-order valence-corrected chi connectivity index (χ1v) is 21.3. The van der Waals surface area contributed by atoms with Crippen molar-refractivity contribution >= 4 is 71.7 Å². The zero-order chi connectivity index (χ0) is 37.3. The molecule has 270 valence electrons. The topological polar surface area (TPSA) is 6.48 Å². The van der Waals surface area contributed by atoms with Crippen LogP contribution in [-0.2, 0) is 0 Å². The molecule has 2 heterocycles. The monoisotopic (exact) mass is 756 g/mol. The number of allylic oxidation sites excluding steroid dienone is 7. The van der Waals surface area contributed by atoms with E-state index in [4.69, 9.17) is 0 Å². The van der Waals surface area contributed by atoms with Gasteiger partial charge in [-0.2, -0.15) is 0 Å². The van der Waals surface area contributed by atoms with Crippen molar-refractivity contribution in [2.75, 3.05) is 9.80 Å². The number of fused-ring (bicyclic) bond motifs is 8. The van der Waals surface area contributed by atoms with Gasteiger partial charge in [-0.15, -0.1) is 11.3 Å². The van der Waals surface area contributed by atoms with Gasteiger partial charge in [0.25, 0.3) is 0 Å². The SMILES string of the molecule is Cc1cccc(N(C2=CC=C3Sc4ccccc4C3C2)C2=c3ccccc3=C(N(c3cccc(C)c3)c3ccc4sc5ccccc5c4c3)C3=CC=CCC32)c1. The zero-order valence-corrected chi connectivity index (χ0v) is 33.1. The third-order valence-electron chi connectivity index (χ3n) is 11.8. The van der Waals surface area contributed by atoms with Crippen LogP contribution in [0.25, 0.3) is 31.6 Å². The number of benzene rings is 6. The van der Waals surface area contributed by atoms with E-state index in [1.54, 1.807) is 0 Å². The summed E-state index contributed by atoms with van der Waals surface area (Å²) in [6.07, 6.45) is 13.7. The van der Waals surface area contributed by atoms with E-state index in [1.807, 2.05) is 23.1 Å². The molecule has 3 aliphatic carbocycles. The first-order valence-electron chi connectivity index (χ1n) is 19.6. The fourth-order valence-corrected chi connectivity index (χ4v) is 11.7. The maximum absolute atomic E-state index is 2.64. The van der Waals surface area contributed by atoms with Crippen molar-refractivity contribution in [2.24, 2.45) is 5.92 Å². The van der Waals surface area contributed by atoms with Crippen LogP contribution in [0.15, 0.2) is 191 Å². The largest absolute Gasteiger partial charge is 0.317 e. The van der Waals surface area contributed by atoms with Crippen molar-refractivity contribution in [3.05, 3.63) is 213 Å². The van der Waals surface area contributed by atoms with Gasteiger partial charge >= 0.3 is 0 Å². The molecule has 0 saturated heterocycles. The summed E-state index contributed by atoms with van der Waals surface area (Å²) in [5.74, 6) is 0.506. The molecular formula is C52H40N2S2. The van der Waals surface area contributed by atoms with Crippen LogP contribution in [0.2, 0.25) is 0 Å². The first-order chi connectivity index (χ1) is 27.6. The van der Waals surface area contributed by atoms with Gasteiger partial charge in [0.2, 0.25) is 0 Å². The Balaban J connectivity index is 1.19. The molecule has 2 nitrogen and oxygen atoms in total. The number of thioether (sulfide) groups is 1. The summed E-state index contributed by atoms with van der Waals surface area (Å²) in [5.41, 5.74) is 12.8. The van der Waals surface area contributed by atoms with Gasteiger partial charge in [-0.1, -0.05) is 115 Å². The van der Waals surface area contributed by atoms with Gasteiger partial charge in [0.05, 0.1) is 5.70 Å². The van der Waals surface area contributed by atoms with Gasteiger partial charge in [-0.3, -0.25) is 0 Å². The maximum atomic E-state index is 2.64. The standard InChI is InChI=1S/C52H40N2S2/c1-33-13-11-15-35(29-33)53(37-25-27-49-45(31-37)39-17-7-9-23-47(39)55-49)51-41-19-3-5-21-43(41)52(44-22-6-4-20-42(44)51)54(36-16-12-14-34(2)30-36)38-26-28-50-46(32-38)40-18-8-10-24-48(40)56-50/h3-21,23-31,44,46H,22,32H2,1-2H3. The molecule has 2 unspecified atom stereocenters. The molecular weight excluding hydrogens is 717 g/mol. The fraction of sp³-hybridized carbons (Fsp3) is 0.115. The van der Waals surface area contributed by atoms with Crippen molar-refractivity contribution < 1.29 is 0 Å². The van der Waals surface area contributed by atoms with Gasteiger partial charge < -0.3 is 9.80 Å². The number of aryl methyl sites for hydroxylation is 2. The molecule has 7 aromatic rings. The normalized spacial score (nSPS) is 18.1. The molecule has 0 fully saturated rings. The molecule has 56 heavy (non-hydrogen) atoms. The minimum Gasteiger partial charge on any atom is -0.317 e. The number of hydrogen-bond donors (Lipinski definition) is 0. The predicted molar refractivity (Wildman–Crippen MR) is 240 cm³/mol. The Kier molecular flexibility index (Phi) is 8.05. The summed E-state index contributed by atoms with van der Waals surface area (Å²) >= 11 is 3.82. The third kappa shape index (κ3) is 5.46. The smallest absolute Gasteiger partial charge is 0.0579 e. The van der Waals surface area contributed by atoms with Gasteiger partial charge in [0.15, 0.2) is 0 Å². The van der Waals surface area contributed by atoms with E-state index >= 15 is 0 Å². The predicted octanol–water partition coefficient (Wildman–Crippen LogP) is 12.8. The van der Waals surface area contributed by atoms with Gasteiger partial charge in [-0.05, 0) is 121 Å². The Labute approximate surface area is 336 Å². The average Bonchev–Trinajstić information content (AvgIpc) is 3.80. The third-order valence-corrected chi connectivity index (χ3v) is 14.2. The first kappa shape index (κ1) is 33.5. The number of hydrogen-bond acceptors (Lipinski definition) is 4. The van der Waals surface area contributed by atoms with Crippen molar-refractivity contribution in [3.8, 4) is 0 Å². The van der Waals surface area contributed by atoms with E-state index in [0.29, 0.717) is 5.92 Å². The summed E-state index contributed by atoms with van der Waals surface area (Å²) in [6, 6.07) is 52.2. The van der Waals surface area contributed by atoms with Crippen LogP contribution in [0.4, 0.5) is 17.1 Å². The minimum atomic E-state index is 0.139. The van der Waals surface area contributed by atoms with Gasteiger partial charge in [0, 0.05) is 75.8 Å². The lowest BCUT2D eigenvalue weighted by Crippen LogP contribution is -2.46. The highest BCUT2D eigenvalue weighted by Gasteiger charge is 2.38. The van der Waals surface area contributed by atoms with Crippen LogP contribution in [0, 0.1) is 19.8 Å². The molecule has 11 rings (SSSR count). The average molecular weight is 757 g/mol. The summed E-state index contributed by atoms with van der Waals surface area (Å²) in [5, 5.41) is 5.17. The van der Waals surface area contributed by atoms with Crippen LogP contribution in [-0.4, -0.2) is 0 Å². The van der Waals surface area contributed by atoms with Crippen molar-refractivity contribution in [2.45, 2.75) is 37.5 Å². The van der Waals surface area contributed by atoms with E-state index in [0.717, 1.165) is 12.8 Å². The highest BCUT2D eigenvalue weighted by atomic mass is 32.2. The summed E-state index contributed by atoms with van der Waals surface area (Å²) < 4.78 is 2.64. The van der Waals surface area contributed by atoms with Gasteiger partial charge in [0.1, 0.15) is 0 Å². The molecule has 0 radical (unpaired) electrons. The molecule has 4 aliphatic rings. The summed E-state index contributed by atoms with van der Waals surface area (Å²) in [7, 11) is 0. The highest BCUT2D eigenvalue weighted by molar-refractivity contribution is 8.03. The molecule has 0 amide bonds. The second-order valence-corrected chi connectivity index (χ2v) is 17.6. The lowest BCUT2D eigenvalue weighted by Gasteiger charge is -2.42. The Morgan fingerprint density at radius 1 is 0.571 bits per heavy atom. The van der Waals surface area contributed by atoms with E-state index in [9.17, 15) is 0 Å². The Bertz CT molecular complexity index is 3010. The minimum absolute atomic E-state index is 0.139. The van der Waals surface area contributed by atoms with E-state index < -0.39 is 0 Å². The zero-order valence-electron chi connectivity index (χ0n) is 31.4. The molecule has 0 spiro atoms. The summed E-state index contributed by atoms with van der Waals surface area (Å²) in [6.45, 7) is 4.42. The van der Waals surface area contributed by atoms with Crippen LogP contribution < -0.4 is 20.2 Å². The second kappa shape index (κ2) is 13.4. The molecule has 0 bridgehead atoms. The van der Waals surface area contributed by atoms with E-state index in [2.05, 4.69) is 194 Å². The van der Waals surface area contributed by atoms with Crippen molar-refractivity contribution in [1.82, 2.24) is 0 Å². The second-order valence-electron chi connectivity index (χ2n) is 15.4. The van der Waals surface area contributed by atoms with Crippen LogP contribution in [0.1, 0.15) is 35.4 Å². The van der Waals surface area contributed by atoms with Gasteiger partial charge in [-0.25, -0.2) is 0 Å². The quantitative estimate of drug-likeness (QED) is 0.167. The molecule has 0 N–H and O–H groups in total. The van der Waals surface area contributed by atoms with Crippen LogP contribution in [0.3, 0.4) is 0 Å². The molecule has 2 atom stereocenters. The number of thiophene rings is 1. The highest BCUT2D eigenvalue weighted by Crippen LogP contribution is 2.54. The lowest BCUT2D eigenvalue weighted by molar-refractivity contribution is 0.735. The molecule has 1 aliphatic heterocycles. The Hall–Kier alpha value is -5.81. The molecule has 4 heteroatoms. The van der Waals surface area contributed by atoms with Crippen molar-refractivity contribution in [3.63, 3.8) is 0 Å². The van der Waals surface area contributed by atoms with Crippen molar-refractivity contribution in [1.29, 1.82) is 0 Å². The van der Waals surface area contributed by atoms with E-state index in [-0.39, 0.29) is 5.92 Å². The number of nitrogens with zero attached hydrogens (tertiary/aromatic N) is 2. The maximum Gasteiger partial charge on any atom is 0.0579 e. The number of rotatable bonds is 6. The molecule has 0 saturated carbocycles. The summed E-state index contributed by atoms with van der Waals surface area (Å²) in [4.78, 5) is 8.03. The van der Waals surface area contributed by atoms with Crippen LogP contribution >= 0.6 is 23.1 Å². The van der Waals surface area contributed by atoms with E-state index in [1.165, 1.54) is 96.8 Å². The number of anilines is 3. The Morgan fingerprint density at radius 2 is 1.29 bits per heavy atom. The lowest BCUT2D eigenvalue weighted by atomic mass is 9.79.